The largest absolute Gasteiger partial charge is 0.289 e. The maximum absolute atomic E-state index is 12.4. The molecule has 0 unspecified atom stereocenters. The van der Waals surface area contributed by atoms with Crippen LogP contribution in [0.3, 0.4) is 0 Å². The number of benzene rings is 2. The zero-order chi connectivity index (χ0) is 13.3. The first-order valence-electron chi connectivity index (χ1n) is 5.24. The summed E-state index contributed by atoms with van der Waals surface area (Å²) in [5.41, 5.74) is 2.41. The fourth-order valence-electron chi connectivity index (χ4n) is 1.72. The maximum Gasteiger partial charge on any atom is 0.193 e. The van der Waals surface area contributed by atoms with Gasteiger partial charge < -0.3 is 0 Å². The summed E-state index contributed by atoms with van der Waals surface area (Å²) in [5, 5.41) is 0. The van der Waals surface area contributed by atoms with Crippen molar-refractivity contribution in [3.63, 3.8) is 0 Å². The average Bonchev–Trinajstić information content (AvgIpc) is 2.25. The molecule has 0 saturated carbocycles. The average molecular weight is 433 g/mol. The number of halogens is 3. The molecule has 0 bridgehead atoms. The molecule has 2 aromatic carbocycles. The third-order valence-corrected chi connectivity index (χ3v) is 3.80. The number of hydrogen-bond acceptors (Lipinski definition) is 1. The van der Waals surface area contributed by atoms with Gasteiger partial charge in [-0.15, -0.1) is 0 Å². The van der Waals surface area contributed by atoms with E-state index in [0.29, 0.717) is 11.1 Å². The van der Waals surface area contributed by atoms with Crippen molar-refractivity contribution < 1.29 is 4.79 Å². The fourth-order valence-corrected chi connectivity index (χ4v) is 3.62. The Kier molecular flexibility index (Phi) is 4.41. The lowest BCUT2D eigenvalue weighted by Gasteiger charge is -2.05. The first kappa shape index (κ1) is 14.0. The quantitative estimate of drug-likeness (QED) is 0.571. The summed E-state index contributed by atoms with van der Waals surface area (Å²) in [5.74, 6) is 0.0152. The molecule has 92 valence electrons. The highest BCUT2D eigenvalue weighted by molar-refractivity contribution is 9.11. The fraction of sp³-hybridized carbons (Fsp3) is 0.0714. The molecule has 0 amide bonds. The molecule has 0 aromatic heterocycles. The summed E-state index contributed by atoms with van der Waals surface area (Å²) >= 11 is 10.2. The molecule has 18 heavy (non-hydrogen) atoms. The van der Waals surface area contributed by atoms with Crippen LogP contribution in [-0.4, -0.2) is 5.78 Å². The van der Waals surface area contributed by atoms with E-state index >= 15 is 0 Å². The van der Waals surface area contributed by atoms with Crippen molar-refractivity contribution in [1.82, 2.24) is 0 Å². The summed E-state index contributed by atoms with van der Waals surface area (Å²) < 4.78 is 2.68. The summed E-state index contributed by atoms with van der Waals surface area (Å²) in [7, 11) is 0. The number of carbonyl (C=O) groups is 1. The van der Waals surface area contributed by atoms with Gasteiger partial charge in [0.2, 0.25) is 0 Å². The van der Waals surface area contributed by atoms with Crippen molar-refractivity contribution in [2.75, 3.05) is 0 Å². The monoisotopic (exact) mass is 430 g/mol. The Morgan fingerprint density at radius 2 is 1.22 bits per heavy atom. The van der Waals surface area contributed by atoms with E-state index in [1.807, 2.05) is 43.3 Å². The third-order valence-electron chi connectivity index (χ3n) is 2.43. The van der Waals surface area contributed by atoms with Gasteiger partial charge in [0.1, 0.15) is 0 Å². The Balaban J connectivity index is 2.47. The predicted molar refractivity (Wildman–Crippen MR) is 84.2 cm³/mol. The van der Waals surface area contributed by atoms with Crippen molar-refractivity contribution in [3.05, 3.63) is 66.5 Å². The lowest BCUT2D eigenvalue weighted by Crippen LogP contribution is -2.02. The number of rotatable bonds is 2. The highest BCUT2D eigenvalue weighted by atomic mass is 79.9. The van der Waals surface area contributed by atoms with E-state index in [9.17, 15) is 4.79 Å². The standard InChI is InChI=1S/C14H9Br3O/c1-8-2-9(4-11(15)3-8)14(18)10-5-12(16)7-13(17)6-10/h2-7H,1H3. The van der Waals surface area contributed by atoms with E-state index in [0.717, 1.165) is 19.0 Å². The van der Waals surface area contributed by atoms with Gasteiger partial charge in [-0.05, 0) is 48.9 Å². The molecule has 0 saturated heterocycles. The number of hydrogen-bond donors (Lipinski definition) is 0. The van der Waals surface area contributed by atoms with Crippen LogP contribution in [0.2, 0.25) is 0 Å². The molecular formula is C14H9Br3O. The highest BCUT2D eigenvalue weighted by Gasteiger charge is 2.11. The van der Waals surface area contributed by atoms with Crippen molar-refractivity contribution in [2.24, 2.45) is 0 Å². The Bertz CT molecular complexity index is 526. The number of carbonyl (C=O) groups excluding carboxylic acids is 1. The molecule has 1 nitrogen and oxygen atoms in total. The minimum Gasteiger partial charge on any atom is -0.289 e. The Morgan fingerprint density at radius 3 is 1.72 bits per heavy atom. The molecule has 0 aliphatic heterocycles. The van der Waals surface area contributed by atoms with Crippen LogP contribution in [-0.2, 0) is 0 Å². The molecule has 2 rings (SSSR count). The van der Waals surface area contributed by atoms with Crippen LogP contribution in [0.15, 0.2) is 49.8 Å². The van der Waals surface area contributed by atoms with Crippen molar-refractivity contribution >= 4 is 53.6 Å². The molecule has 0 aliphatic carbocycles. The number of aryl methyl sites for hydroxylation is 1. The molecule has 0 N–H and O–H groups in total. The number of ketones is 1. The van der Waals surface area contributed by atoms with Crippen LogP contribution in [0, 0.1) is 6.92 Å². The highest BCUT2D eigenvalue weighted by Crippen LogP contribution is 2.23. The third kappa shape index (κ3) is 3.31. The van der Waals surface area contributed by atoms with Crippen LogP contribution < -0.4 is 0 Å². The second-order valence-corrected chi connectivity index (χ2v) is 6.75. The van der Waals surface area contributed by atoms with E-state index in [1.54, 1.807) is 0 Å². The van der Waals surface area contributed by atoms with E-state index in [1.165, 1.54) is 0 Å². The van der Waals surface area contributed by atoms with Gasteiger partial charge in [-0.3, -0.25) is 4.79 Å². The Morgan fingerprint density at radius 1 is 0.778 bits per heavy atom. The second-order valence-electron chi connectivity index (χ2n) is 4.00. The van der Waals surface area contributed by atoms with Crippen molar-refractivity contribution in [3.8, 4) is 0 Å². The molecular weight excluding hydrogens is 424 g/mol. The SMILES string of the molecule is Cc1cc(Br)cc(C(=O)c2cc(Br)cc(Br)c2)c1. The van der Waals surface area contributed by atoms with Gasteiger partial charge in [0.15, 0.2) is 5.78 Å². The molecule has 4 heteroatoms. The minimum atomic E-state index is 0.0152. The van der Waals surface area contributed by atoms with Crippen LogP contribution >= 0.6 is 47.8 Å². The summed E-state index contributed by atoms with van der Waals surface area (Å²) in [6.45, 7) is 1.97. The van der Waals surface area contributed by atoms with Gasteiger partial charge >= 0.3 is 0 Å². The first-order chi connectivity index (χ1) is 8.45. The zero-order valence-corrected chi connectivity index (χ0v) is 14.3. The summed E-state index contributed by atoms with van der Waals surface area (Å²) in [6.07, 6.45) is 0. The van der Waals surface area contributed by atoms with Gasteiger partial charge in [-0.1, -0.05) is 47.8 Å². The molecule has 0 heterocycles. The first-order valence-corrected chi connectivity index (χ1v) is 7.61. The van der Waals surface area contributed by atoms with Crippen LogP contribution in [0.25, 0.3) is 0 Å². The van der Waals surface area contributed by atoms with E-state index < -0.39 is 0 Å². The van der Waals surface area contributed by atoms with E-state index in [2.05, 4.69) is 47.8 Å². The van der Waals surface area contributed by atoms with Gasteiger partial charge in [-0.2, -0.15) is 0 Å². The maximum atomic E-state index is 12.4. The van der Waals surface area contributed by atoms with Crippen LogP contribution in [0.5, 0.6) is 0 Å². The second kappa shape index (κ2) is 5.68. The topological polar surface area (TPSA) is 17.1 Å². The Hall–Kier alpha value is -0.450. The molecule has 0 aliphatic rings. The molecule has 0 radical (unpaired) electrons. The van der Waals surface area contributed by atoms with Crippen LogP contribution in [0.4, 0.5) is 0 Å². The van der Waals surface area contributed by atoms with Gasteiger partial charge in [0.25, 0.3) is 0 Å². The molecule has 2 aromatic rings. The van der Waals surface area contributed by atoms with Gasteiger partial charge in [0.05, 0.1) is 0 Å². The predicted octanol–water partition coefficient (Wildman–Crippen LogP) is 5.51. The van der Waals surface area contributed by atoms with Crippen molar-refractivity contribution in [2.45, 2.75) is 6.92 Å². The lowest BCUT2D eigenvalue weighted by atomic mass is 10.0. The summed E-state index contributed by atoms with van der Waals surface area (Å²) in [4.78, 5) is 12.4. The van der Waals surface area contributed by atoms with E-state index in [-0.39, 0.29) is 5.78 Å². The Labute approximate surface area is 131 Å². The van der Waals surface area contributed by atoms with Gasteiger partial charge in [0, 0.05) is 24.5 Å². The smallest absolute Gasteiger partial charge is 0.193 e. The lowest BCUT2D eigenvalue weighted by molar-refractivity contribution is 0.103. The molecule has 0 spiro atoms. The van der Waals surface area contributed by atoms with Gasteiger partial charge in [-0.25, -0.2) is 0 Å². The van der Waals surface area contributed by atoms with Crippen molar-refractivity contribution in [1.29, 1.82) is 0 Å². The molecule has 0 atom stereocenters. The molecule has 0 fully saturated rings. The normalized spacial score (nSPS) is 10.4. The van der Waals surface area contributed by atoms with E-state index in [4.69, 9.17) is 0 Å². The summed E-state index contributed by atoms with van der Waals surface area (Å²) in [6, 6.07) is 11.3. The minimum absolute atomic E-state index is 0.0152. The zero-order valence-electron chi connectivity index (χ0n) is 9.51. The van der Waals surface area contributed by atoms with Crippen LogP contribution in [0.1, 0.15) is 21.5 Å².